The van der Waals surface area contributed by atoms with E-state index >= 15 is 0 Å². The van der Waals surface area contributed by atoms with Crippen LogP contribution >= 0.6 is 35.0 Å². The number of likely N-dealkylation sites (tertiary alicyclic amines) is 1. The molecule has 2 heterocycles. The second kappa shape index (κ2) is 5.97. The summed E-state index contributed by atoms with van der Waals surface area (Å²) in [6, 6.07) is 5.97. The number of fused-ring (bicyclic) bond motifs is 1. The summed E-state index contributed by atoms with van der Waals surface area (Å²) in [6.07, 6.45) is 0. The normalized spacial score (nSPS) is 25.1. The highest BCUT2D eigenvalue weighted by atomic mass is 127. The van der Waals surface area contributed by atoms with Crippen molar-refractivity contribution in [2.45, 2.75) is 6.92 Å². The highest BCUT2D eigenvalue weighted by Gasteiger charge is 2.38. The maximum atomic E-state index is 12.6. The Morgan fingerprint density at radius 3 is 2.58 bits per heavy atom. The van der Waals surface area contributed by atoms with E-state index in [0.717, 1.165) is 37.3 Å². The quantitative estimate of drug-likeness (QED) is 0.744. The summed E-state index contributed by atoms with van der Waals surface area (Å²) in [5, 5.41) is 3.40. The van der Waals surface area contributed by atoms with E-state index in [2.05, 4.69) is 34.0 Å². The average molecular weight is 393 g/mol. The van der Waals surface area contributed by atoms with Crippen LogP contribution in [0, 0.1) is 22.3 Å². The standard InChI is InChI=1S/C14H17IN2O.ClH/c1-9-12(3-2-4-13(9)15)14(18)17-7-10-5-16-6-11(10)8-17;/h2-4,10-11,16H,5-8H2,1H3;1H/t10-,11+;. The fourth-order valence-corrected chi connectivity index (χ4v) is 3.53. The van der Waals surface area contributed by atoms with Crippen molar-refractivity contribution in [1.29, 1.82) is 0 Å². The summed E-state index contributed by atoms with van der Waals surface area (Å²) in [5.74, 6) is 1.54. The Bertz CT molecular complexity index is 482. The number of halogens is 2. The minimum Gasteiger partial charge on any atom is -0.338 e. The predicted molar refractivity (Wildman–Crippen MR) is 86.9 cm³/mol. The van der Waals surface area contributed by atoms with E-state index in [4.69, 9.17) is 0 Å². The number of nitrogens with zero attached hydrogens (tertiary/aromatic N) is 1. The van der Waals surface area contributed by atoms with E-state index in [1.165, 1.54) is 3.57 Å². The number of carbonyl (C=O) groups is 1. The zero-order valence-electron chi connectivity index (χ0n) is 10.9. The maximum Gasteiger partial charge on any atom is 0.254 e. The van der Waals surface area contributed by atoms with Crippen molar-refractivity contribution in [3.63, 3.8) is 0 Å². The molecule has 0 unspecified atom stereocenters. The Labute approximate surface area is 133 Å². The fourth-order valence-electron chi connectivity index (χ4n) is 3.03. The SMILES string of the molecule is Cc1c(I)cccc1C(=O)N1C[C@H]2CNC[C@H]2C1.Cl. The van der Waals surface area contributed by atoms with Crippen LogP contribution in [0.3, 0.4) is 0 Å². The van der Waals surface area contributed by atoms with Gasteiger partial charge in [-0.05, 0) is 59.0 Å². The summed E-state index contributed by atoms with van der Waals surface area (Å²) in [4.78, 5) is 14.6. The molecular weight excluding hydrogens is 375 g/mol. The zero-order valence-corrected chi connectivity index (χ0v) is 13.8. The van der Waals surface area contributed by atoms with E-state index in [9.17, 15) is 4.79 Å². The molecule has 0 aliphatic carbocycles. The van der Waals surface area contributed by atoms with Gasteiger partial charge in [-0.25, -0.2) is 0 Å². The van der Waals surface area contributed by atoms with Gasteiger partial charge in [0.2, 0.25) is 0 Å². The first kappa shape index (κ1) is 15.1. The number of hydrogen-bond donors (Lipinski definition) is 1. The smallest absolute Gasteiger partial charge is 0.254 e. The molecule has 2 fully saturated rings. The Morgan fingerprint density at radius 1 is 1.32 bits per heavy atom. The zero-order chi connectivity index (χ0) is 12.7. The molecule has 104 valence electrons. The van der Waals surface area contributed by atoms with Gasteiger partial charge < -0.3 is 10.2 Å². The third-order valence-electron chi connectivity index (χ3n) is 4.17. The molecule has 0 bridgehead atoms. The van der Waals surface area contributed by atoms with Crippen molar-refractivity contribution < 1.29 is 4.79 Å². The Morgan fingerprint density at radius 2 is 1.95 bits per heavy atom. The van der Waals surface area contributed by atoms with Crippen molar-refractivity contribution in [3.05, 3.63) is 32.9 Å². The van der Waals surface area contributed by atoms with Gasteiger partial charge in [-0.3, -0.25) is 4.79 Å². The number of hydrogen-bond acceptors (Lipinski definition) is 2. The molecule has 0 spiro atoms. The number of carbonyl (C=O) groups excluding carboxylic acids is 1. The van der Waals surface area contributed by atoms with Crippen molar-refractivity contribution in [3.8, 4) is 0 Å². The molecule has 2 aliphatic heterocycles. The van der Waals surface area contributed by atoms with E-state index in [1.807, 2.05) is 24.0 Å². The lowest BCUT2D eigenvalue weighted by Crippen LogP contribution is -2.32. The molecule has 1 aromatic carbocycles. The molecule has 2 aliphatic rings. The van der Waals surface area contributed by atoms with Crippen LogP contribution in [0.5, 0.6) is 0 Å². The third-order valence-corrected chi connectivity index (χ3v) is 5.34. The molecule has 1 aromatic rings. The summed E-state index contributed by atoms with van der Waals surface area (Å²) >= 11 is 2.29. The molecule has 0 aromatic heterocycles. The minimum absolute atomic E-state index is 0. The summed E-state index contributed by atoms with van der Waals surface area (Å²) < 4.78 is 1.17. The van der Waals surface area contributed by atoms with Crippen LogP contribution in [0.2, 0.25) is 0 Å². The van der Waals surface area contributed by atoms with Gasteiger partial charge in [0.1, 0.15) is 0 Å². The lowest BCUT2D eigenvalue weighted by molar-refractivity contribution is 0.0781. The number of benzene rings is 1. The number of rotatable bonds is 1. The number of nitrogens with one attached hydrogen (secondary N) is 1. The lowest BCUT2D eigenvalue weighted by atomic mass is 10.0. The topological polar surface area (TPSA) is 32.3 Å². The monoisotopic (exact) mass is 392 g/mol. The molecule has 19 heavy (non-hydrogen) atoms. The van der Waals surface area contributed by atoms with Crippen LogP contribution in [0.25, 0.3) is 0 Å². The Balaban J connectivity index is 0.00000133. The molecular formula is C14H18ClIN2O. The molecule has 1 N–H and O–H groups in total. The molecule has 3 rings (SSSR count). The van der Waals surface area contributed by atoms with Gasteiger partial charge in [0.05, 0.1) is 0 Å². The van der Waals surface area contributed by atoms with Crippen LogP contribution in [-0.2, 0) is 0 Å². The molecule has 2 saturated heterocycles. The highest BCUT2D eigenvalue weighted by Crippen LogP contribution is 2.28. The van der Waals surface area contributed by atoms with Crippen molar-refractivity contribution in [2.24, 2.45) is 11.8 Å². The van der Waals surface area contributed by atoms with Crippen molar-refractivity contribution in [2.75, 3.05) is 26.2 Å². The van der Waals surface area contributed by atoms with Crippen molar-refractivity contribution in [1.82, 2.24) is 10.2 Å². The molecule has 0 radical (unpaired) electrons. The van der Waals surface area contributed by atoms with Gasteiger partial charge in [-0.2, -0.15) is 0 Å². The fraction of sp³-hybridized carbons (Fsp3) is 0.500. The maximum absolute atomic E-state index is 12.6. The van der Waals surface area contributed by atoms with Crippen molar-refractivity contribution >= 4 is 40.9 Å². The summed E-state index contributed by atoms with van der Waals surface area (Å²) in [5.41, 5.74) is 1.98. The lowest BCUT2D eigenvalue weighted by Gasteiger charge is -2.19. The van der Waals surface area contributed by atoms with Gasteiger partial charge >= 0.3 is 0 Å². The highest BCUT2D eigenvalue weighted by molar-refractivity contribution is 14.1. The average Bonchev–Trinajstić information content (AvgIpc) is 2.92. The van der Waals surface area contributed by atoms with Crippen LogP contribution in [0.1, 0.15) is 15.9 Å². The largest absolute Gasteiger partial charge is 0.338 e. The minimum atomic E-state index is 0. The third kappa shape index (κ3) is 2.76. The van der Waals surface area contributed by atoms with Crippen LogP contribution in [0.4, 0.5) is 0 Å². The molecule has 2 atom stereocenters. The van der Waals surface area contributed by atoms with E-state index in [1.54, 1.807) is 0 Å². The van der Waals surface area contributed by atoms with Gasteiger partial charge in [0, 0.05) is 35.3 Å². The van der Waals surface area contributed by atoms with Gasteiger partial charge in [0.25, 0.3) is 5.91 Å². The second-order valence-corrected chi connectivity index (χ2v) is 6.46. The first-order valence-electron chi connectivity index (χ1n) is 6.42. The first-order chi connectivity index (χ1) is 8.66. The van der Waals surface area contributed by atoms with Crippen LogP contribution in [-0.4, -0.2) is 37.0 Å². The molecule has 5 heteroatoms. The predicted octanol–water partition coefficient (Wildman–Crippen LogP) is 2.31. The number of amides is 1. The van der Waals surface area contributed by atoms with Gasteiger partial charge in [-0.15, -0.1) is 12.4 Å². The van der Waals surface area contributed by atoms with Gasteiger partial charge in [0.15, 0.2) is 0 Å². The summed E-state index contributed by atoms with van der Waals surface area (Å²) in [7, 11) is 0. The van der Waals surface area contributed by atoms with Crippen LogP contribution in [0.15, 0.2) is 18.2 Å². The van der Waals surface area contributed by atoms with Crippen LogP contribution < -0.4 is 5.32 Å². The molecule has 3 nitrogen and oxygen atoms in total. The Hall–Kier alpha value is -0.330. The second-order valence-electron chi connectivity index (χ2n) is 5.30. The molecule has 1 amide bonds. The first-order valence-corrected chi connectivity index (χ1v) is 7.50. The molecule has 0 saturated carbocycles. The Kier molecular flexibility index (Phi) is 4.74. The summed E-state index contributed by atoms with van der Waals surface area (Å²) in [6.45, 7) is 6.01. The van der Waals surface area contributed by atoms with Gasteiger partial charge in [-0.1, -0.05) is 6.07 Å². The van der Waals surface area contributed by atoms with E-state index in [0.29, 0.717) is 11.8 Å². The van der Waals surface area contributed by atoms with E-state index in [-0.39, 0.29) is 18.3 Å². The van der Waals surface area contributed by atoms with E-state index < -0.39 is 0 Å².